The normalized spacial score (nSPS) is 17.3. The van der Waals surface area contributed by atoms with Crippen molar-refractivity contribution in [2.24, 2.45) is 5.92 Å². The Hall–Kier alpha value is -2.57. The molecular weight excluding hydrogens is 464 g/mol. The third-order valence-electron chi connectivity index (χ3n) is 5.24. The standard InChI is InChI=1S/C19H19F6N3O3S/c1-32(30,31)12-2-3-14(20)15(8-12)27-17(29)16-13(19(23,24)25)9-26-28(16)10-11-4-6-18(21,22)7-5-11/h2-3,8-9,11H,4-7,10H2,1H3,(H,27,29). The van der Waals surface area contributed by atoms with Gasteiger partial charge in [0.25, 0.3) is 5.91 Å². The lowest BCUT2D eigenvalue weighted by atomic mass is 9.87. The number of rotatable bonds is 5. The number of anilines is 1. The summed E-state index contributed by atoms with van der Waals surface area (Å²) in [6.07, 6.45) is -4.43. The van der Waals surface area contributed by atoms with Gasteiger partial charge in [-0.25, -0.2) is 21.6 Å². The Morgan fingerprint density at radius 3 is 2.44 bits per heavy atom. The Kier molecular flexibility index (Phi) is 6.33. The van der Waals surface area contributed by atoms with Crippen LogP contribution in [0.3, 0.4) is 0 Å². The van der Waals surface area contributed by atoms with Crippen LogP contribution in [0, 0.1) is 11.7 Å². The first-order valence-corrected chi connectivity index (χ1v) is 11.4. The number of nitrogens with zero attached hydrogens (tertiary/aromatic N) is 2. The molecule has 13 heteroatoms. The molecule has 0 aliphatic heterocycles. The highest BCUT2D eigenvalue weighted by Gasteiger charge is 2.40. The number of benzene rings is 1. The number of carbonyl (C=O) groups is 1. The van der Waals surface area contributed by atoms with Gasteiger partial charge in [-0.3, -0.25) is 9.48 Å². The molecule has 176 valence electrons. The van der Waals surface area contributed by atoms with Gasteiger partial charge in [0.15, 0.2) is 9.84 Å². The van der Waals surface area contributed by atoms with Crippen LogP contribution in [0.25, 0.3) is 0 Å². The molecule has 1 aliphatic rings. The lowest BCUT2D eigenvalue weighted by molar-refractivity contribution is -0.138. The number of halogens is 6. The second-order valence-corrected chi connectivity index (χ2v) is 9.77. The maximum atomic E-state index is 14.1. The molecule has 1 fully saturated rings. The van der Waals surface area contributed by atoms with Crippen molar-refractivity contribution < 1.29 is 39.6 Å². The maximum Gasteiger partial charge on any atom is 0.420 e. The molecule has 0 radical (unpaired) electrons. The average molecular weight is 483 g/mol. The van der Waals surface area contributed by atoms with Crippen molar-refractivity contribution in [1.29, 1.82) is 0 Å². The van der Waals surface area contributed by atoms with Crippen molar-refractivity contribution in [3.05, 3.63) is 41.5 Å². The van der Waals surface area contributed by atoms with Gasteiger partial charge >= 0.3 is 6.18 Å². The lowest BCUT2D eigenvalue weighted by Gasteiger charge is -2.28. The van der Waals surface area contributed by atoms with E-state index in [0.717, 1.165) is 29.1 Å². The minimum absolute atomic E-state index is 0.0420. The van der Waals surface area contributed by atoms with E-state index in [-0.39, 0.29) is 24.3 Å². The van der Waals surface area contributed by atoms with E-state index in [9.17, 15) is 39.6 Å². The van der Waals surface area contributed by atoms with Gasteiger partial charge in [-0.15, -0.1) is 0 Å². The van der Waals surface area contributed by atoms with Crippen molar-refractivity contribution in [3.8, 4) is 0 Å². The van der Waals surface area contributed by atoms with E-state index in [4.69, 9.17) is 0 Å². The van der Waals surface area contributed by atoms with Gasteiger partial charge in [0.05, 0.1) is 16.8 Å². The summed E-state index contributed by atoms with van der Waals surface area (Å²) >= 11 is 0. The third-order valence-corrected chi connectivity index (χ3v) is 6.35. The number of sulfone groups is 1. The van der Waals surface area contributed by atoms with Crippen LogP contribution in [-0.2, 0) is 22.6 Å². The number of nitrogens with one attached hydrogen (secondary N) is 1. The van der Waals surface area contributed by atoms with Crippen LogP contribution in [0.4, 0.5) is 32.0 Å². The van der Waals surface area contributed by atoms with E-state index >= 15 is 0 Å². The average Bonchev–Trinajstić information content (AvgIpc) is 3.08. The van der Waals surface area contributed by atoms with E-state index in [1.54, 1.807) is 0 Å². The minimum Gasteiger partial charge on any atom is -0.318 e. The largest absolute Gasteiger partial charge is 0.420 e. The van der Waals surface area contributed by atoms with Crippen LogP contribution in [0.1, 0.15) is 41.7 Å². The molecule has 0 bridgehead atoms. The second-order valence-electron chi connectivity index (χ2n) is 7.75. The summed E-state index contributed by atoms with van der Waals surface area (Å²) in [5.41, 5.74) is -2.93. The molecule has 6 nitrogen and oxygen atoms in total. The third kappa shape index (κ3) is 5.43. The number of hydrogen-bond donors (Lipinski definition) is 1. The molecule has 1 N–H and O–H groups in total. The highest BCUT2D eigenvalue weighted by Crippen LogP contribution is 2.38. The second kappa shape index (κ2) is 8.41. The summed E-state index contributed by atoms with van der Waals surface area (Å²) in [6.45, 7) is -0.208. The first-order valence-electron chi connectivity index (χ1n) is 9.49. The van der Waals surface area contributed by atoms with Crippen molar-refractivity contribution in [3.63, 3.8) is 0 Å². The predicted molar refractivity (Wildman–Crippen MR) is 102 cm³/mol. The molecule has 3 rings (SSSR count). The fourth-order valence-corrected chi connectivity index (χ4v) is 4.16. The van der Waals surface area contributed by atoms with E-state index < -0.39 is 69.4 Å². The number of alkyl halides is 5. The first-order chi connectivity index (χ1) is 14.7. The topological polar surface area (TPSA) is 81.1 Å². The quantitative estimate of drug-likeness (QED) is 0.501. The summed E-state index contributed by atoms with van der Waals surface area (Å²) < 4.78 is 105. The van der Waals surface area contributed by atoms with Crippen molar-refractivity contribution in [2.45, 2.75) is 49.2 Å². The van der Waals surface area contributed by atoms with Gasteiger partial charge in [-0.1, -0.05) is 0 Å². The van der Waals surface area contributed by atoms with Crippen LogP contribution in [0.5, 0.6) is 0 Å². The van der Waals surface area contributed by atoms with E-state index in [1.165, 1.54) is 0 Å². The summed E-state index contributed by atoms with van der Waals surface area (Å²) in [5.74, 6) is -5.67. The molecule has 1 amide bonds. The Bertz CT molecular complexity index is 1120. The molecule has 1 saturated carbocycles. The zero-order valence-electron chi connectivity index (χ0n) is 16.7. The zero-order chi connectivity index (χ0) is 23.9. The maximum absolute atomic E-state index is 14.1. The van der Waals surface area contributed by atoms with Gasteiger partial charge in [0.2, 0.25) is 5.92 Å². The SMILES string of the molecule is CS(=O)(=O)c1ccc(F)c(NC(=O)c2c(C(F)(F)F)cnn2CC2CCC(F)(F)CC2)c1. The van der Waals surface area contributed by atoms with Gasteiger partial charge in [0.1, 0.15) is 17.1 Å². The molecule has 0 atom stereocenters. The highest BCUT2D eigenvalue weighted by molar-refractivity contribution is 7.90. The molecule has 1 heterocycles. The van der Waals surface area contributed by atoms with Crippen LogP contribution < -0.4 is 5.32 Å². The van der Waals surface area contributed by atoms with Gasteiger partial charge in [0, 0.05) is 25.6 Å². The fraction of sp³-hybridized carbons (Fsp3) is 0.474. The highest BCUT2D eigenvalue weighted by atomic mass is 32.2. The van der Waals surface area contributed by atoms with E-state index in [0.29, 0.717) is 6.20 Å². The van der Waals surface area contributed by atoms with Gasteiger partial charge < -0.3 is 5.32 Å². The van der Waals surface area contributed by atoms with Crippen LogP contribution >= 0.6 is 0 Å². The summed E-state index contributed by atoms with van der Waals surface area (Å²) in [4.78, 5) is 12.4. The van der Waals surface area contributed by atoms with Gasteiger partial charge in [-0.2, -0.15) is 18.3 Å². The number of amides is 1. The zero-order valence-corrected chi connectivity index (χ0v) is 17.5. The number of carbonyl (C=O) groups excluding carboxylic acids is 1. The monoisotopic (exact) mass is 483 g/mol. The first kappa shape index (κ1) is 24.1. The minimum atomic E-state index is -4.96. The van der Waals surface area contributed by atoms with Gasteiger partial charge in [-0.05, 0) is 37.0 Å². The fourth-order valence-electron chi connectivity index (χ4n) is 3.51. The van der Waals surface area contributed by atoms with Crippen LogP contribution in [0.15, 0.2) is 29.3 Å². The van der Waals surface area contributed by atoms with Crippen molar-refractivity contribution >= 4 is 21.4 Å². The number of hydrogen-bond acceptors (Lipinski definition) is 4. The summed E-state index contributed by atoms with van der Waals surface area (Å²) in [6, 6.07) is 2.50. The summed E-state index contributed by atoms with van der Waals surface area (Å²) in [5, 5.41) is 5.58. The molecule has 1 aliphatic carbocycles. The molecule has 1 aromatic heterocycles. The van der Waals surface area contributed by atoms with Crippen LogP contribution in [0.2, 0.25) is 0 Å². The molecule has 32 heavy (non-hydrogen) atoms. The summed E-state index contributed by atoms with van der Waals surface area (Å²) in [7, 11) is -3.78. The smallest absolute Gasteiger partial charge is 0.318 e. The molecular formula is C19H19F6N3O3S. The lowest BCUT2D eigenvalue weighted by Crippen LogP contribution is -2.29. The molecule has 2 aromatic rings. The van der Waals surface area contributed by atoms with E-state index in [1.807, 2.05) is 5.32 Å². The molecule has 0 saturated heterocycles. The Balaban J connectivity index is 1.92. The molecule has 0 unspecified atom stereocenters. The Morgan fingerprint density at radius 1 is 1.25 bits per heavy atom. The predicted octanol–water partition coefficient (Wildman–Crippen LogP) is 4.52. The Labute approximate surface area is 179 Å². The Morgan fingerprint density at radius 2 is 1.88 bits per heavy atom. The van der Waals surface area contributed by atoms with Crippen LogP contribution in [-0.4, -0.2) is 36.3 Å². The van der Waals surface area contributed by atoms with Crippen molar-refractivity contribution in [1.82, 2.24) is 9.78 Å². The van der Waals surface area contributed by atoms with E-state index in [2.05, 4.69) is 5.10 Å². The molecule has 0 spiro atoms. The van der Waals surface area contributed by atoms with Crippen molar-refractivity contribution in [2.75, 3.05) is 11.6 Å². The number of aromatic nitrogens is 2. The molecule has 1 aromatic carbocycles.